The van der Waals surface area contributed by atoms with E-state index < -0.39 is 10.0 Å². The highest BCUT2D eigenvalue weighted by molar-refractivity contribution is 7.89. The molecule has 1 saturated heterocycles. The molecule has 1 heterocycles. The largest absolute Gasteiger partial charge is 0.377 e. The van der Waals surface area contributed by atoms with Gasteiger partial charge in [-0.25, -0.2) is 13.1 Å². The number of halogens is 2. The van der Waals surface area contributed by atoms with Crippen LogP contribution in [0.5, 0.6) is 0 Å². The molecule has 1 aromatic carbocycles. The Balaban J connectivity index is 2.15. The van der Waals surface area contributed by atoms with Crippen LogP contribution in [0.15, 0.2) is 23.1 Å². The molecule has 4 nitrogen and oxygen atoms in total. The zero-order valence-electron chi connectivity index (χ0n) is 9.53. The van der Waals surface area contributed by atoms with Crippen molar-refractivity contribution in [1.29, 1.82) is 0 Å². The summed E-state index contributed by atoms with van der Waals surface area (Å²) >= 11 is 11.7. The predicted molar refractivity (Wildman–Crippen MR) is 70.6 cm³/mol. The van der Waals surface area contributed by atoms with E-state index in [1.807, 2.05) is 0 Å². The van der Waals surface area contributed by atoms with Crippen molar-refractivity contribution in [3.05, 3.63) is 28.2 Å². The average molecular weight is 310 g/mol. The number of hydrogen-bond acceptors (Lipinski definition) is 3. The summed E-state index contributed by atoms with van der Waals surface area (Å²) in [6.45, 7) is 0.920. The second-order valence-corrected chi connectivity index (χ2v) is 6.56. The van der Waals surface area contributed by atoms with E-state index in [1.54, 1.807) is 6.07 Å². The smallest absolute Gasteiger partial charge is 0.243 e. The van der Waals surface area contributed by atoms with Crippen LogP contribution < -0.4 is 4.72 Å². The van der Waals surface area contributed by atoms with Crippen LogP contribution in [0.4, 0.5) is 0 Å². The Morgan fingerprint density at radius 1 is 1.33 bits per heavy atom. The van der Waals surface area contributed by atoms with E-state index in [2.05, 4.69) is 4.72 Å². The van der Waals surface area contributed by atoms with E-state index in [4.69, 9.17) is 27.9 Å². The molecule has 1 fully saturated rings. The first-order chi connectivity index (χ1) is 8.50. The number of nitrogens with one attached hydrogen (secondary N) is 1. The Bertz CT molecular complexity index is 507. The molecule has 0 spiro atoms. The van der Waals surface area contributed by atoms with Crippen LogP contribution in [0.3, 0.4) is 0 Å². The highest BCUT2D eigenvalue weighted by Crippen LogP contribution is 2.28. The summed E-state index contributed by atoms with van der Waals surface area (Å²) in [5.41, 5.74) is 0. The molecule has 0 amide bonds. The van der Waals surface area contributed by atoms with Gasteiger partial charge in [0, 0.05) is 13.2 Å². The third kappa shape index (κ3) is 3.16. The van der Waals surface area contributed by atoms with Gasteiger partial charge in [-0.05, 0) is 25.0 Å². The van der Waals surface area contributed by atoms with Gasteiger partial charge in [0.05, 0.1) is 16.1 Å². The van der Waals surface area contributed by atoms with Crippen LogP contribution in [-0.4, -0.2) is 27.7 Å². The minimum Gasteiger partial charge on any atom is -0.377 e. The molecule has 0 saturated carbocycles. The van der Waals surface area contributed by atoms with Crippen LogP contribution >= 0.6 is 23.2 Å². The quantitative estimate of drug-likeness (QED) is 0.929. The first kappa shape index (κ1) is 14.1. The maximum atomic E-state index is 12.1. The fourth-order valence-corrected chi connectivity index (χ4v) is 4.03. The summed E-state index contributed by atoms with van der Waals surface area (Å²) in [6, 6.07) is 4.59. The second-order valence-electron chi connectivity index (χ2n) is 4.04. The molecule has 0 aromatic heterocycles. The van der Waals surface area contributed by atoms with Gasteiger partial charge < -0.3 is 4.74 Å². The fourth-order valence-electron chi connectivity index (χ4n) is 1.82. The van der Waals surface area contributed by atoms with E-state index in [0.717, 1.165) is 12.8 Å². The molecule has 1 aromatic rings. The summed E-state index contributed by atoms with van der Waals surface area (Å²) in [7, 11) is -3.70. The number of hydrogen-bond donors (Lipinski definition) is 1. The highest BCUT2D eigenvalue weighted by Gasteiger charge is 2.24. The first-order valence-corrected chi connectivity index (χ1v) is 7.80. The molecule has 0 bridgehead atoms. The minimum absolute atomic E-state index is 0.0685. The summed E-state index contributed by atoms with van der Waals surface area (Å²) in [4.78, 5) is -0.0775. The van der Waals surface area contributed by atoms with Gasteiger partial charge in [0.1, 0.15) is 4.90 Å². The lowest BCUT2D eigenvalue weighted by atomic mass is 10.2. The van der Waals surface area contributed by atoms with E-state index in [9.17, 15) is 8.42 Å². The summed E-state index contributed by atoms with van der Waals surface area (Å²) in [5.74, 6) is 0. The predicted octanol–water partition coefficient (Wildman–Crippen LogP) is 2.45. The third-order valence-electron chi connectivity index (χ3n) is 2.71. The van der Waals surface area contributed by atoms with Crippen molar-refractivity contribution in [3.63, 3.8) is 0 Å². The highest BCUT2D eigenvalue weighted by atomic mass is 35.5. The topological polar surface area (TPSA) is 55.4 Å². The maximum absolute atomic E-state index is 12.1. The average Bonchev–Trinajstić information content (AvgIpc) is 2.78. The Morgan fingerprint density at radius 3 is 2.56 bits per heavy atom. The van der Waals surface area contributed by atoms with Crippen molar-refractivity contribution in [1.82, 2.24) is 4.72 Å². The monoisotopic (exact) mass is 309 g/mol. The zero-order chi connectivity index (χ0) is 13.2. The third-order valence-corrected chi connectivity index (χ3v) is 5.09. The molecular weight excluding hydrogens is 297 g/mol. The van der Waals surface area contributed by atoms with Crippen molar-refractivity contribution in [2.75, 3.05) is 13.2 Å². The van der Waals surface area contributed by atoms with Gasteiger partial charge in [-0.3, -0.25) is 0 Å². The molecule has 0 aliphatic carbocycles. The summed E-state index contributed by atoms with van der Waals surface area (Å²) in [5, 5.41) is 0.227. The number of benzene rings is 1. The molecule has 1 unspecified atom stereocenters. The van der Waals surface area contributed by atoms with Crippen molar-refractivity contribution in [2.24, 2.45) is 0 Å². The molecule has 18 heavy (non-hydrogen) atoms. The van der Waals surface area contributed by atoms with Gasteiger partial charge >= 0.3 is 0 Å². The number of rotatable bonds is 4. The number of ether oxygens (including phenoxy) is 1. The minimum atomic E-state index is -3.70. The van der Waals surface area contributed by atoms with Gasteiger partial charge in [0.15, 0.2) is 0 Å². The lowest BCUT2D eigenvalue weighted by Crippen LogP contribution is -2.32. The second kappa shape index (κ2) is 5.75. The van der Waals surface area contributed by atoms with Gasteiger partial charge in [0.25, 0.3) is 0 Å². The summed E-state index contributed by atoms with van der Waals surface area (Å²) < 4.78 is 32.0. The Labute approximate surface area is 116 Å². The van der Waals surface area contributed by atoms with Gasteiger partial charge in [-0.1, -0.05) is 29.3 Å². The lowest BCUT2D eigenvalue weighted by molar-refractivity contribution is 0.114. The van der Waals surface area contributed by atoms with Crippen LogP contribution in [0.2, 0.25) is 10.0 Å². The molecule has 1 aliphatic heterocycles. The number of sulfonamides is 1. The fraction of sp³-hybridized carbons (Fsp3) is 0.455. The first-order valence-electron chi connectivity index (χ1n) is 5.56. The lowest BCUT2D eigenvalue weighted by Gasteiger charge is -2.13. The van der Waals surface area contributed by atoms with Crippen LogP contribution in [-0.2, 0) is 14.8 Å². The van der Waals surface area contributed by atoms with Crippen LogP contribution in [0.1, 0.15) is 12.8 Å². The van der Waals surface area contributed by atoms with Gasteiger partial charge in [0.2, 0.25) is 10.0 Å². The van der Waals surface area contributed by atoms with Crippen molar-refractivity contribution >= 4 is 33.2 Å². The molecule has 7 heteroatoms. The van der Waals surface area contributed by atoms with E-state index >= 15 is 0 Å². The van der Waals surface area contributed by atoms with E-state index in [-0.39, 0.29) is 27.6 Å². The van der Waals surface area contributed by atoms with Gasteiger partial charge in [-0.15, -0.1) is 0 Å². The van der Waals surface area contributed by atoms with Crippen molar-refractivity contribution in [2.45, 2.75) is 23.8 Å². The molecule has 1 atom stereocenters. The molecule has 2 rings (SSSR count). The molecule has 1 aliphatic rings. The van der Waals surface area contributed by atoms with Crippen LogP contribution in [0.25, 0.3) is 0 Å². The Hall–Kier alpha value is -0.330. The molecule has 0 radical (unpaired) electrons. The molecule has 1 N–H and O–H groups in total. The van der Waals surface area contributed by atoms with Crippen molar-refractivity contribution < 1.29 is 13.2 Å². The standard InChI is InChI=1S/C11H13Cl2NO3S/c12-9-4-1-5-10(13)11(9)18(15,16)14-7-8-3-2-6-17-8/h1,4-5,8,14H,2-3,6-7H2. The Kier molecular flexibility index (Phi) is 4.50. The van der Waals surface area contributed by atoms with Crippen molar-refractivity contribution in [3.8, 4) is 0 Å². The molecule has 100 valence electrons. The SMILES string of the molecule is O=S(=O)(NCC1CCCO1)c1c(Cl)cccc1Cl. The maximum Gasteiger partial charge on any atom is 0.243 e. The summed E-state index contributed by atoms with van der Waals surface area (Å²) in [6.07, 6.45) is 1.75. The molecular formula is C11H13Cl2NO3S. The van der Waals surface area contributed by atoms with Gasteiger partial charge in [-0.2, -0.15) is 0 Å². The normalized spacial score (nSPS) is 20.2. The van der Waals surface area contributed by atoms with E-state index in [0.29, 0.717) is 6.61 Å². The Morgan fingerprint density at radius 2 is 2.00 bits per heavy atom. The van der Waals surface area contributed by atoms with Crippen LogP contribution in [0, 0.1) is 0 Å². The zero-order valence-corrected chi connectivity index (χ0v) is 11.9. The van der Waals surface area contributed by atoms with E-state index in [1.165, 1.54) is 12.1 Å².